The Hall–Kier alpha value is -2.64. The van der Waals surface area contributed by atoms with Gasteiger partial charge in [-0.15, -0.1) is 12.4 Å². The predicted molar refractivity (Wildman–Crippen MR) is 119 cm³/mol. The van der Waals surface area contributed by atoms with Gasteiger partial charge < -0.3 is 14.8 Å². The van der Waals surface area contributed by atoms with Crippen molar-refractivity contribution in [1.82, 2.24) is 9.80 Å². The highest BCUT2D eigenvalue weighted by Crippen LogP contribution is 2.29. The number of fused-ring (bicyclic) bond motifs is 1. The van der Waals surface area contributed by atoms with E-state index in [1.807, 2.05) is 23.1 Å². The molecule has 4 rings (SSSR count). The van der Waals surface area contributed by atoms with Gasteiger partial charge in [0.25, 0.3) is 5.91 Å². The Bertz CT molecular complexity index is 944. The third-order valence-electron chi connectivity index (χ3n) is 6.05. The summed E-state index contributed by atoms with van der Waals surface area (Å²) in [6, 6.07) is 11.6. The third kappa shape index (κ3) is 5.17. The first kappa shape index (κ1) is 23.0. The number of piperidine rings is 1. The molecular weight excluding hydrogens is 421 g/mol. The summed E-state index contributed by atoms with van der Waals surface area (Å²) < 4.78 is 18.4. The van der Waals surface area contributed by atoms with Gasteiger partial charge in [-0.25, -0.2) is 4.39 Å². The highest BCUT2D eigenvalue weighted by molar-refractivity contribution is 6.01. The molecule has 1 saturated heterocycles. The number of benzene rings is 2. The summed E-state index contributed by atoms with van der Waals surface area (Å²) in [6.07, 6.45) is 1.96. The van der Waals surface area contributed by atoms with Gasteiger partial charge in [-0.3, -0.25) is 9.69 Å². The fourth-order valence-corrected chi connectivity index (χ4v) is 4.31. The molecule has 0 aliphatic carbocycles. The molecule has 2 aliphatic rings. The van der Waals surface area contributed by atoms with Gasteiger partial charge in [0, 0.05) is 30.8 Å². The molecule has 2 aromatic carbocycles. The van der Waals surface area contributed by atoms with Crippen LogP contribution in [-0.4, -0.2) is 59.9 Å². The zero-order valence-corrected chi connectivity index (χ0v) is 18.3. The number of rotatable bonds is 6. The summed E-state index contributed by atoms with van der Waals surface area (Å²) >= 11 is 0. The van der Waals surface area contributed by atoms with Crippen LogP contribution in [0, 0.1) is 11.7 Å². The number of methoxy groups -OCH3 is 1. The topological polar surface area (TPSA) is 65.4 Å². The largest absolute Gasteiger partial charge is 0.497 e. The standard InChI is InChI=1S/C23H26FN3O3.ClH/c1-30-20-6-7-21-18(12-20)14-27(23(21)28)13-16-8-10-26(11-9-16)15-22(25-29)17-2-4-19(24)5-3-17;/h2-7,12,16,29H,8-11,13-15H2,1H3;1H. The Morgan fingerprint density at radius 3 is 2.55 bits per heavy atom. The summed E-state index contributed by atoms with van der Waals surface area (Å²) in [5.74, 6) is 1.01. The molecule has 0 bridgehead atoms. The Kier molecular flexibility index (Phi) is 7.51. The molecule has 0 unspecified atom stereocenters. The van der Waals surface area contributed by atoms with Gasteiger partial charge in [0.15, 0.2) is 0 Å². The van der Waals surface area contributed by atoms with Crippen molar-refractivity contribution in [2.24, 2.45) is 11.1 Å². The minimum atomic E-state index is -0.311. The molecule has 2 aliphatic heterocycles. The number of nitrogens with zero attached hydrogens (tertiary/aromatic N) is 3. The molecule has 1 amide bonds. The van der Waals surface area contributed by atoms with Gasteiger partial charge in [0.05, 0.1) is 7.11 Å². The van der Waals surface area contributed by atoms with Gasteiger partial charge in [-0.1, -0.05) is 17.3 Å². The molecular formula is C23H27ClFN3O3. The van der Waals surface area contributed by atoms with Crippen molar-refractivity contribution in [3.8, 4) is 5.75 Å². The van der Waals surface area contributed by atoms with Crippen LogP contribution >= 0.6 is 12.4 Å². The molecule has 2 aromatic rings. The molecule has 0 saturated carbocycles. The van der Waals surface area contributed by atoms with Crippen molar-refractivity contribution in [1.29, 1.82) is 0 Å². The number of hydrogen-bond acceptors (Lipinski definition) is 5. The quantitative estimate of drug-likeness (QED) is 0.415. The highest BCUT2D eigenvalue weighted by atomic mass is 35.5. The molecule has 1 N–H and O–H groups in total. The van der Waals surface area contributed by atoms with E-state index in [4.69, 9.17) is 4.74 Å². The van der Waals surface area contributed by atoms with Crippen molar-refractivity contribution < 1.29 is 19.1 Å². The number of likely N-dealkylation sites (tertiary alicyclic amines) is 1. The summed E-state index contributed by atoms with van der Waals surface area (Å²) in [5.41, 5.74) is 3.06. The van der Waals surface area contributed by atoms with Crippen molar-refractivity contribution in [3.63, 3.8) is 0 Å². The van der Waals surface area contributed by atoms with E-state index in [-0.39, 0.29) is 24.1 Å². The number of carbonyl (C=O) groups excluding carboxylic acids is 1. The second-order valence-corrected chi connectivity index (χ2v) is 7.98. The highest BCUT2D eigenvalue weighted by Gasteiger charge is 2.31. The predicted octanol–water partition coefficient (Wildman–Crippen LogP) is 3.80. The normalized spacial score (nSPS) is 17.4. The fourth-order valence-electron chi connectivity index (χ4n) is 4.31. The minimum absolute atomic E-state index is 0. The van der Waals surface area contributed by atoms with Crippen LogP contribution in [0.3, 0.4) is 0 Å². The van der Waals surface area contributed by atoms with Crippen LogP contribution in [0.25, 0.3) is 0 Å². The van der Waals surface area contributed by atoms with Gasteiger partial charge in [0.2, 0.25) is 0 Å². The first-order valence-corrected chi connectivity index (χ1v) is 10.2. The van der Waals surface area contributed by atoms with Gasteiger partial charge in [-0.2, -0.15) is 0 Å². The smallest absolute Gasteiger partial charge is 0.254 e. The van der Waals surface area contributed by atoms with E-state index in [0.29, 0.717) is 24.7 Å². The number of halogens is 2. The molecule has 0 radical (unpaired) electrons. The van der Waals surface area contributed by atoms with Crippen LogP contribution in [0.5, 0.6) is 5.75 Å². The maximum atomic E-state index is 13.1. The van der Waals surface area contributed by atoms with Crippen molar-refractivity contribution in [2.45, 2.75) is 19.4 Å². The van der Waals surface area contributed by atoms with Crippen molar-refractivity contribution in [2.75, 3.05) is 33.3 Å². The summed E-state index contributed by atoms with van der Waals surface area (Å²) in [4.78, 5) is 16.9. The Morgan fingerprint density at radius 2 is 1.90 bits per heavy atom. The minimum Gasteiger partial charge on any atom is -0.497 e. The lowest BCUT2D eigenvalue weighted by atomic mass is 9.95. The van der Waals surface area contributed by atoms with E-state index in [9.17, 15) is 14.4 Å². The van der Waals surface area contributed by atoms with E-state index >= 15 is 0 Å². The number of hydrogen-bond donors (Lipinski definition) is 1. The van der Waals surface area contributed by atoms with Gasteiger partial charge >= 0.3 is 0 Å². The third-order valence-corrected chi connectivity index (χ3v) is 6.05. The Morgan fingerprint density at radius 1 is 1.19 bits per heavy atom. The first-order valence-electron chi connectivity index (χ1n) is 10.2. The zero-order chi connectivity index (χ0) is 21.1. The van der Waals surface area contributed by atoms with Crippen LogP contribution in [-0.2, 0) is 6.54 Å². The van der Waals surface area contributed by atoms with Gasteiger partial charge in [-0.05, 0) is 67.7 Å². The Labute approximate surface area is 187 Å². The average molecular weight is 448 g/mol. The molecule has 1 fully saturated rings. The summed E-state index contributed by atoms with van der Waals surface area (Å²) in [5, 5.41) is 12.8. The van der Waals surface area contributed by atoms with Gasteiger partial charge in [0.1, 0.15) is 17.3 Å². The second kappa shape index (κ2) is 10.1. The van der Waals surface area contributed by atoms with E-state index in [2.05, 4.69) is 10.1 Å². The fraction of sp³-hybridized carbons (Fsp3) is 0.391. The van der Waals surface area contributed by atoms with Crippen LogP contribution in [0.1, 0.15) is 34.3 Å². The van der Waals surface area contributed by atoms with Crippen LogP contribution in [0.15, 0.2) is 47.6 Å². The summed E-state index contributed by atoms with van der Waals surface area (Å²) in [7, 11) is 1.63. The second-order valence-electron chi connectivity index (χ2n) is 7.98. The Balaban J connectivity index is 0.00000272. The van der Waals surface area contributed by atoms with Crippen LogP contribution in [0.2, 0.25) is 0 Å². The molecule has 6 nitrogen and oxygen atoms in total. The molecule has 0 atom stereocenters. The molecule has 2 heterocycles. The number of carbonyl (C=O) groups is 1. The molecule has 0 spiro atoms. The lowest BCUT2D eigenvalue weighted by Gasteiger charge is -2.33. The van der Waals surface area contributed by atoms with Crippen LogP contribution < -0.4 is 4.74 Å². The van der Waals surface area contributed by atoms with E-state index in [1.165, 1.54) is 12.1 Å². The van der Waals surface area contributed by atoms with Crippen LogP contribution in [0.4, 0.5) is 4.39 Å². The molecule has 8 heteroatoms. The number of amides is 1. The maximum Gasteiger partial charge on any atom is 0.254 e. The lowest BCUT2D eigenvalue weighted by molar-refractivity contribution is 0.0719. The maximum absolute atomic E-state index is 13.1. The lowest BCUT2D eigenvalue weighted by Crippen LogP contribution is -2.41. The molecule has 0 aromatic heterocycles. The van der Waals surface area contributed by atoms with Crippen molar-refractivity contribution in [3.05, 3.63) is 65.0 Å². The number of oxime groups is 1. The zero-order valence-electron chi connectivity index (χ0n) is 17.5. The molecule has 31 heavy (non-hydrogen) atoms. The van der Waals surface area contributed by atoms with E-state index < -0.39 is 0 Å². The number of ether oxygens (including phenoxy) is 1. The SMILES string of the molecule is COc1ccc2c(c1)CN(CC1CCN(CC(=NO)c3ccc(F)cc3)CC1)C2=O.Cl. The van der Waals surface area contributed by atoms with E-state index in [0.717, 1.165) is 54.9 Å². The van der Waals surface area contributed by atoms with Crippen molar-refractivity contribution >= 4 is 24.0 Å². The molecule has 166 valence electrons. The first-order chi connectivity index (χ1) is 14.6. The summed E-state index contributed by atoms with van der Waals surface area (Å²) in [6.45, 7) is 3.64. The average Bonchev–Trinajstić information content (AvgIpc) is 3.08. The van der Waals surface area contributed by atoms with E-state index in [1.54, 1.807) is 19.2 Å². The monoisotopic (exact) mass is 447 g/mol.